The van der Waals surface area contributed by atoms with Gasteiger partial charge in [-0.2, -0.15) is 0 Å². The van der Waals surface area contributed by atoms with Gasteiger partial charge in [0.25, 0.3) is 0 Å². The van der Waals surface area contributed by atoms with Crippen molar-refractivity contribution in [3.05, 3.63) is 169 Å². The molecular formula is C51H42N2S. The summed E-state index contributed by atoms with van der Waals surface area (Å²) in [6.07, 6.45) is 6.86. The molecule has 0 N–H and O–H groups in total. The van der Waals surface area contributed by atoms with Crippen molar-refractivity contribution in [3.63, 3.8) is 0 Å². The molecule has 0 aliphatic heterocycles. The zero-order valence-electron chi connectivity index (χ0n) is 30.6. The monoisotopic (exact) mass is 714 g/mol. The lowest BCUT2D eigenvalue weighted by atomic mass is 9.66. The number of nitrogens with zero attached hydrogens (tertiary/aromatic N) is 2. The van der Waals surface area contributed by atoms with E-state index in [1.807, 2.05) is 11.3 Å². The first-order valence-electron chi connectivity index (χ1n) is 19.6. The highest BCUT2D eigenvalue weighted by Crippen LogP contribution is 2.52. The van der Waals surface area contributed by atoms with Crippen molar-refractivity contribution < 1.29 is 0 Å². The van der Waals surface area contributed by atoms with Crippen molar-refractivity contribution in [3.8, 4) is 16.8 Å². The van der Waals surface area contributed by atoms with Crippen molar-refractivity contribution >= 4 is 70.4 Å². The summed E-state index contributed by atoms with van der Waals surface area (Å²) < 4.78 is 5.10. The van der Waals surface area contributed by atoms with Crippen LogP contribution >= 0.6 is 11.3 Å². The average molecular weight is 715 g/mol. The van der Waals surface area contributed by atoms with Gasteiger partial charge in [-0.25, -0.2) is 0 Å². The summed E-state index contributed by atoms with van der Waals surface area (Å²) in [5, 5.41) is 5.21. The maximum Gasteiger partial charge on any atom is 0.0541 e. The van der Waals surface area contributed by atoms with E-state index < -0.39 is 0 Å². The maximum absolute atomic E-state index is 2.54. The number of thiophene rings is 1. The Balaban J connectivity index is 1.05. The zero-order chi connectivity index (χ0) is 35.8. The van der Waals surface area contributed by atoms with Crippen molar-refractivity contribution in [1.29, 1.82) is 0 Å². The molecule has 2 atom stereocenters. The number of para-hydroxylation sites is 3. The summed E-state index contributed by atoms with van der Waals surface area (Å²) in [5.41, 5.74) is 11.4. The minimum Gasteiger partial charge on any atom is -0.310 e. The lowest BCUT2D eigenvalue weighted by Crippen LogP contribution is -2.30. The standard InChI is InChI=1S/C51H42N2S/c1-51(32-34-21-22-35(29-34)33-51)37-11-10-12-39(30-37)52(40-27-28-50-45(31-40)44-16-5-9-20-49(44)54-50)38-25-23-36(24-26-38)41-13-2-6-17-46(41)53-47-18-7-3-14-42(47)43-15-4-8-19-48(43)53/h2-20,23-28,30-31,34-35H,21-22,29,32-33H2,1H3/t34-,35-/m1/s1. The number of fused-ring (bicyclic) bond motifs is 8. The molecule has 11 rings (SSSR count). The Kier molecular flexibility index (Phi) is 7.35. The van der Waals surface area contributed by atoms with E-state index in [2.05, 4.69) is 180 Å². The number of benzene rings is 7. The smallest absolute Gasteiger partial charge is 0.0541 e. The normalized spacial score (nSPS) is 19.6. The Morgan fingerprint density at radius 1 is 0.537 bits per heavy atom. The van der Waals surface area contributed by atoms with E-state index in [-0.39, 0.29) is 5.41 Å². The van der Waals surface area contributed by atoms with Gasteiger partial charge in [0.2, 0.25) is 0 Å². The predicted octanol–water partition coefficient (Wildman–Crippen LogP) is 14.8. The Labute approximate surface area is 320 Å². The number of rotatable bonds is 6. The molecule has 0 spiro atoms. The molecule has 0 unspecified atom stereocenters. The molecule has 2 aliphatic rings. The SMILES string of the molecule is CC1(c2cccc(N(c3ccc(-c4ccccc4-n4c5ccccc5c5ccccc54)cc3)c3ccc4sc5ccccc5c4c3)c2)C[C@@H]2CC[C@H](C2)C1. The molecule has 7 aromatic carbocycles. The van der Waals surface area contributed by atoms with Gasteiger partial charge in [0.05, 0.1) is 16.7 Å². The molecule has 54 heavy (non-hydrogen) atoms. The minimum absolute atomic E-state index is 0.222. The van der Waals surface area contributed by atoms with Gasteiger partial charge in [0.15, 0.2) is 0 Å². The Morgan fingerprint density at radius 3 is 1.91 bits per heavy atom. The van der Waals surface area contributed by atoms with Crippen LogP contribution < -0.4 is 4.90 Å². The van der Waals surface area contributed by atoms with Gasteiger partial charge >= 0.3 is 0 Å². The third-order valence-corrected chi connectivity index (χ3v) is 13.9. The van der Waals surface area contributed by atoms with Gasteiger partial charge in [-0.05, 0) is 114 Å². The third kappa shape index (κ3) is 5.13. The van der Waals surface area contributed by atoms with Crippen LogP contribution in [0.25, 0.3) is 58.8 Å². The third-order valence-electron chi connectivity index (χ3n) is 12.7. The summed E-state index contributed by atoms with van der Waals surface area (Å²) in [4.78, 5) is 2.48. The van der Waals surface area contributed by atoms with Crippen LogP contribution in [0.1, 0.15) is 44.6 Å². The molecule has 0 radical (unpaired) electrons. The lowest BCUT2D eigenvalue weighted by Gasteiger charge is -2.39. The van der Waals surface area contributed by atoms with Crippen LogP contribution in [-0.4, -0.2) is 4.57 Å². The van der Waals surface area contributed by atoms with Crippen molar-refractivity contribution in [2.45, 2.75) is 44.4 Å². The molecule has 262 valence electrons. The topological polar surface area (TPSA) is 8.17 Å². The number of hydrogen-bond donors (Lipinski definition) is 0. The van der Waals surface area contributed by atoms with Gasteiger partial charge in [0, 0.05) is 53.6 Å². The Morgan fingerprint density at radius 2 is 1.15 bits per heavy atom. The minimum atomic E-state index is 0.222. The van der Waals surface area contributed by atoms with Crippen LogP contribution in [0.2, 0.25) is 0 Å². The molecule has 0 amide bonds. The molecule has 2 aliphatic carbocycles. The van der Waals surface area contributed by atoms with E-state index in [1.165, 1.54) is 108 Å². The van der Waals surface area contributed by atoms with Gasteiger partial charge in [-0.15, -0.1) is 11.3 Å². The number of anilines is 3. The van der Waals surface area contributed by atoms with E-state index in [0.29, 0.717) is 0 Å². The fourth-order valence-corrected chi connectivity index (χ4v) is 11.4. The van der Waals surface area contributed by atoms with Gasteiger partial charge in [0.1, 0.15) is 0 Å². The second-order valence-corrected chi connectivity index (χ2v) is 17.2. The fraction of sp³-hybridized carbons (Fsp3) is 0.176. The summed E-state index contributed by atoms with van der Waals surface area (Å²) in [5.74, 6) is 1.75. The van der Waals surface area contributed by atoms with Crippen LogP contribution in [0.3, 0.4) is 0 Å². The van der Waals surface area contributed by atoms with Crippen molar-refractivity contribution in [2.24, 2.45) is 11.8 Å². The van der Waals surface area contributed by atoms with Gasteiger partial charge in [-0.3, -0.25) is 0 Å². The lowest BCUT2D eigenvalue weighted by molar-refractivity contribution is 0.232. The predicted molar refractivity (Wildman–Crippen MR) is 231 cm³/mol. The van der Waals surface area contributed by atoms with Gasteiger partial charge in [-0.1, -0.05) is 117 Å². The van der Waals surface area contributed by atoms with Gasteiger partial charge < -0.3 is 9.47 Å². The van der Waals surface area contributed by atoms with Crippen LogP contribution in [0.5, 0.6) is 0 Å². The van der Waals surface area contributed by atoms with Crippen LogP contribution in [0, 0.1) is 11.8 Å². The summed E-state index contributed by atoms with van der Waals surface area (Å²) in [7, 11) is 0. The molecule has 2 fully saturated rings. The van der Waals surface area contributed by atoms with Crippen LogP contribution in [0.4, 0.5) is 17.1 Å². The molecule has 2 aromatic heterocycles. The Bertz CT molecular complexity index is 2790. The molecule has 2 saturated carbocycles. The van der Waals surface area contributed by atoms with Crippen molar-refractivity contribution in [1.82, 2.24) is 4.57 Å². The highest BCUT2D eigenvalue weighted by atomic mass is 32.1. The molecule has 3 heteroatoms. The first-order chi connectivity index (χ1) is 26.6. The Hall–Kier alpha value is -5.64. The molecular weight excluding hydrogens is 673 g/mol. The number of hydrogen-bond acceptors (Lipinski definition) is 2. The average Bonchev–Trinajstić information content (AvgIpc) is 3.88. The summed E-state index contributed by atoms with van der Waals surface area (Å²) in [6, 6.07) is 61.1. The quantitative estimate of drug-likeness (QED) is 0.166. The van der Waals surface area contributed by atoms with Crippen LogP contribution in [0.15, 0.2) is 164 Å². The molecule has 2 heterocycles. The molecule has 9 aromatic rings. The van der Waals surface area contributed by atoms with E-state index in [4.69, 9.17) is 0 Å². The largest absolute Gasteiger partial charge is 0.310 e. The maximum atomic E-state index is 2.54. The molecule has 0 saturated heterocycles. The molecule has 2 bridgehead atoms. The van der Waals surface area contributed by atoms with Crippen LogP contribution in [-0.2, 0) is 5.41 Å². The fourth-order valence-electron chi connectivity index (χ4n) is 10.3. The second-order valence-electron chi connectivity index (χ2n) is 16.1. The number of aromatic nitrogens is 1. The zero-order valence-corrected chi connectivity index (χ0v) is 31.4. The van der Waals surface area contributed by atoms with Crippen molar-refractivity contribution in [2.75, 3.05) is 4.90 Å². The van der Waals surface area contributed by atoms with E-state index >= 15 is 0 Å². The van der Waals surface area contributed by atoms with E-state index in [9.17, 15) is 0 Å². The highest BCUT2D eigenvalue weighted by molar-refractivity contribution is 7.25. The first kappa shape index (κ1) is 31.8. The summed E-state index contributed by atoms with van der Waals surface area (Å²) >= 11 is 1.88. The second kappa shape index (κ2) is 12.5. The summed E-state index contributed by atoms with van der Waals surface area (Å²) in [6.45, 7) is 2.54. The highest BCUT2D eigenvalue weighted by Gasteiger charge is 2.42. The molecule has 2 nitrogen and oxygen atoms in total. The first-order valence-corrected chi connectivity index (χ1v) is 20.4. The van der Waals surface area contributed by atoms with E-state index in [0.717, 1.165) is 17.5 Å². The van der Waals surface area contributed by atoms with E-state index in [1.54, 1.807) is 0 Å².